The van der Waals surface area contributed by atoms with Crippen molar-refractivity contribution >= 4 is 11.8 Å². The van der Waals surface area contributed by atoms with Crippen LogP contribution in [0.4, 0.5) is 5.82 Å². The van der Waals surface area contributed by atoms with Gasteiger partial charge in [0.1, 0.15) is 11.6 Å². The normalized spacial score (nSPS) is 19.9. The van der Waals surface area contributed by atoms with E-state index in [4.69, 9.17) is 4.74 Å². The van der Waals surface area contributed by atoms with Crippen LogP contribution in [0, 0.1) is 0 Å². The second-order valence-corrected chi connectivity index (χ2v) is 6.91. The predicted octanol–water partition coefficient (Wildman–Crippen LogP) is 2.92. The molecule has 0 aliphatic carbocycles. The summed E-state index contributed by atoms with van der Waals surface area (Å²) in [5, 5.41) is 8.99. The number of ether oxygens (including phenoxy) is 1. The van der Waals surface area contributed by atoms with Crippen molar-refractivity contribution in [3.63, 3.8) is 0 Å². The van der Waals surface area contributed by atoms with Gasteiger partial charge in [-0.05, 0) is 44.7 Å². The molecule has 1 atom stereocenters. The molecule has 0 radical (unpaired) electrons. The largest absolute Gasteiger partial charge is 0.462 e. The van der Waals surface area contributed by atoms with Crippen LogP contribution in [0.25, 0.3) is 0 Å². The number of hydrogen-bond acceptors (Lipinski definition) is 6. The molecule has 26 heavy (non-hydrogen) atoms. The lowest BCUT2D eigenvalue weighted by Gasteiger charge is -2.25. The second-order valence-electron chi connectivity index (χ2n) is 6.91. The van der Waals surface area contributed by atoms with Crippen LogP contribution in [0.1, 0.15) is 67.1 Å². The molecule has 2 aromatic rings. The topological polar surface area (TPSA) is 73.1 Å². The molecule has 4 rings (SSSR count). The van der Waals surface area contributed by atoms with Crippen molar-refractivity contribution in [2.24, 2.45) is 0 Å². The van der Waals surface area contributed by atoms with Crippen molar-refractivity contribution in [1.82, 2.24) is 19.7 Å². The number of carbonyl (C=O) groups excluding carboxylic acids is 1. The van der Waals surface area contributed by atoms with Gasteiger partial charge < -0.3 is 14.2 Å². The molecule has 0 unspecified atom stereocenters. The molecule has 2 aliphatic heterocycles. The van der Waals surface area contributed by atoms with E-state index < -0.39 is 0 Å². The minimum Gasteiger partial charge on any atom is -0.462 e. The van der Waals surface area contributed by atoms with Crippen LogP contribution in [0.3, 0.4) is 0 Å². The first kappa shape index (κ1) is 17.0. The van der Waals surface area contributed by atoms with E-state index in [1.54, 1.807) is 19.2 Å². The van der Waals surface area contributed by atoms with Crippen LogP contribution < -0.4 is 4.90 Å². The van der Waals surface area contributed by atoms with E-state index in [1.807, 2.05) is 6.07 Å². The summed E-state index contributed by atoms with van der Waals surface area (Å²) in [6, 6.07) is 3.90. The van der Waals surface area contributed by atoms with Crippen molar-refractivity contribution in [2.45, 2.75) is 58.0 Å². The summed E-state index contributed by atoms with van der Waals surface area (Å²) in [5.74, 6) is 2.74. The Morgan fingerprint density at radius 2 is 2.12 bits per heavy atom. The average molecular weight is 355 g/mol. The van der Waals surface area contributed by atoms with Gasteiger partial charge in [-0.1, -0.05) is 6.42 Å². The average Bonchev–Trinajstić information content (AvgIpc) is 3.23. The van der Waals surface area contributed by atoms with Gasteiger partial charge in [-0.15, -0.1) is 10.2 Å². The molecule has 7 heteroatoms. The van der Waals surface area contributed by atoms with E-state index in [0.717, 1.165) is 49.8 Å². The Hall–Kier alpha value is -2.44. The van der Waals surface area contributed by atoms with Crippen LogP contribution in [0.15, 0.2) is 18.3 Å². The van der Waals surface area contributed by atoms with Crippen molar-refractivity contribution < 1.29 is 9.53 Å². The fourth-order valence-electron chi connectivity index (χ4n) is 3.95. The number of esters is 1. The number of pyridine rings is 1. The first-order valence-electron chi connectivity index (χ1n) is 9.59. The van der Waals surface area contributed by atoms with Crippen LogP contribution in [0.5, 0.6) is 0 Å². The summed E-state index contributed by atoms with van der Waals surface area (Å²) in [6.07, 6.45) is 8.43. The van der Waals surface area contributed by atoms with Crippen LogP contribution in [-0.4, -0.2) is 38.9 Å². The molecule has 4 heterocycles. The van der Waals surface area contributed by atoms with E-state index in [-0.39, 0.29) is 12.0 Å². The van der Waals surface area contributed by atoms with Crippen molar-refractivity contribution in [3.05, 3.63) is 35.5 Å². The van der Waals surface area contributed by atoms with Crippen molar-refractivity contribution in [1.29, 1.82) is 0 Å². The zero-order valence-electron chi connectivity index (χ0n) is 15.2. The van der Waals surface area contributed by atoms with E-state index in [1.165, 1.54) is 19.3 Å². The molecular formula is C19H25N5O2. The molecule has 138 valence electrons. The van der Waals surface area contributed by atoms with Gasteiger partial charge in [-0.3, -0.25) is 0 Å². The number of aryl methyl sites for hydroxylation is 1. The number of nitrogens with zero attached hydrogens (tertiary/aromatic N) is 5. The Kier molecular flexibility index (Phi) is 4.86. The Morgan fingerprint density at radius 3 is 2.92 bits per heavy atom. The lowest BCUT2D eigenvalue weighted by atomic mass is 10.2. The highest BCUT2D eigenvalue weighted by molar-refractivity contribution is 5.89. The van der Waals surface area contributed by atoms with Gasteiger partial charge in [0, 0.05) is 25.7 Å². The molecule has 0 N–H and O–H groups in total. The number of fused-ring (bicyclic) bond motifs is 1. The maximum atomic E-state index is 11.8. The van der Waals surface area contributed by atoms with Gasteiger partial charge >= 0.3 is 5.97 Å². The Balaban J connectivity index is 1.57. The van der Waals surface area contributed by atoms with Crippen molar-refractivity contribution in [2.75, 3.05) is 18.1 Å². The third kappa shape index (κ3) is 3.18. The number of anilines is 1. The van der Waals surface area contributed by atoms with E-state index in [9.17, 15) is 4.79 Å². The Bertz CT molecular complexity index is 771. The molecule has 1 saturated heterocycles. The summed E-state index contributed by atoms with van der Waals surface area (Å²) in [6.45, 7) is 4.12. The summed E-state index contributed by atoms with van der Waals surface area (Å²) in [5.41, 5.74) is 0.489. The SMILES string of the molecule is CCOC(=O)c1ccc(N2CCC[C@@H]2c2nnc3n2CCCCC3)nc1. The van der Waals surface area contributed by atoms with Crippen LogP contribution in [0.2, 0.25) is 0 Å². The maximum absolute atomic E-state index is 11.8. The molecule has 0 bridgehead atoms. The summed E-state index contributed by atoms with van der Waals surface area (Å²) >= 11 is 0. The lowest BCUT2D eigenvalue weighted by Crippen LogP contribution is -2.26. The molecular weight excluding hydrogens is 330 g/mol. The highest BCUT2D eigenvalue weighted by Crippen LogP contribution is 2.35. The number of carbonyl (C=O) groups is 1. The van der Waals surface area contributed by atoms with Crippen LogP contribution >= 0.6 is 0 Å². The van der Waals surface area contributed by atoms with Crippen molar-refractivity contribution in [3.8, 4) is 0 Å². The first-order chi connectivity index (χ1) is 12.8. The molecule has 0 amide bonds. The van der Waals surface area contributed by atoms with Gasteiger partial charge in [0.2, 0.25) is 0 Å². The zero-order chi connectivity index (χ0) is 17.9. The van der Waals surface area contributed by atoms with E-state index in [0.29, 0.717) is 12.2 Å². The van der Waals surface area contributed by atoms with Gasteiger partial charge in [0.15, 0.2) is 5.82 Å². The fraction of sp³-hybridized carbons (Fsp3) is 0.579. The van der Waals surface area contributed by atoms with E-state index in [2.05, 4.69) is 24.6 Å². The third-order valence-electron chi connectivity index (χ3n) is 5.24. The summed E-state index contributed by atoms with van der Waals surface area (Å²) < 4.78 is 7.36. The zero-order valence-corrected chi connectivity index (χ0v) is 15.2. The standard InChI is InChI=1S/C19H25N5O2/c1-2-26-19(25)14-9-10-16(20-13-14)23-12-6-7-15(23)18-22-21-17-8-4-3-5-11-24(17)18/h9-10,13,15H,2-8,11-12H2,1H3/t15-/m1/s1. The second kappa shape index (κ2) is 7.43. The van der Waals surface area contributed by atoms with Gasteiger partial charge in [0.05, 0.1) is 18.2 Å². The van der Waals surface area contributed by atoms with Gasteiger partial charge in [-0.2, -0.15) is 0 Å². The van der Waals surface area contributed by atoms with E-state index >= 15 is 0 Å². The molecule has 2 aromatic heterocycles. The summed E-state index contributed by atoms with van der Waals surface area (Å²) in [4.78, 5) is 18.6. The molecule has 0 aromatic carbocycles. The number of rotatable bonds is 4. The fourth-order valence-corrected chi connectivity index (χ4v) is 3.95. The predicted molar refractivity (Wildman–Crippen MR) is 97.1 cm³/mol. The number of hydrogen-bond donors (Lipinski definition) is 0. The molecule has 0 spiro atoms. The molecule has 0 saturated carbocycles. The molecule has 1 fully saturated rings. The molecule has 2 aliphatic rings. The maximum Gasteiger partial charge on any atom is 0.339 e. The lowest BCUT2D eigenvalue weighted by molar-refractivity contribution is 0.0526. The molecule has 7 nitrogen and oxygen atoms in total. The number of aromatic nitrogens is 4. The first-order valence-corrected chi connectivity index (χ1v) is 9.59. The van der Waals surface area contributed by atoms with Gasteiger partial charge in [-0.25, -0.2) is 9.78 Å². The summed E-state index contributed by atoms with van der Waals surface area (Å²) in [7, 11) is 0. The van der Waals surface area contributed by atoms with Gasteiger partial charge in [0.25, 0.3) is 0 Å². The Morgan fingerprint density at radius 1 is 1.19 bits per heavy atom. The highest BCUT2D eigenvalue weighted by atomic mass is 16.5. The monoisotopic (exact) mass is 355 g/mol. The Labute approximate surface area is 153 Å². The third-order valence-corrected chi connectivity index (χ3v) is 5.24. The minimum atomic E-state index is -0.327. The minimum absolute atomic E-state index is 0.204. The highest BCUT2D eigenvalue weighted by Gasteiger charge is 2.32. The smallest absolute Gasteiger partial charge is 0.339 e. The quantitative estimate of drug-likeness (QED) is 0.785. The van der Waals surface area contributed by atoms with Crippen LogP contribution in [-0.2, 0) is 17.7 Å².